The van der Waals surface area contributed by atoms with E-state index >= 15 is 0 Å². The molecule has 0 aliphatic carbocycles. The van der Waals surface area contributed by atoms with E-state index in [0.717, 1.165) is 19.8 Å². The largest absolute Gasteiger partial charge is 0.378 e. The van der Waals surface area contributed by atoms with E-state index in [0.29, 0.717) is 12.0 Å². The van der Waals surface area contributed by atoms with Crippen LogP contribution >= 0.6 is 9.24 Å². The van der Waals surface area contributed by atoms with Crippen molar-refractivity contribution in [2.75, 3.05) is 39.4 Å². The molecule has 30 heavy (non-hydrogen) atoms. The number of unbranched alkanes of at least 4 members (excludes halogenated alkanes) is 1. The van der Waals surface area contributed by atoms with Gasteiger partial charge in [-0.1, -0.05) is 49.8 Å². The predicted molar refractivity (Wildman–Crippen MR) is 135 cm³/mol. The average Bonchev–Trinajstić information content (AvgIpc) is 3.25. The summed E-state index contributed by atoms with van der Waals surface area (Å²) in [6, 6.07) is 9.49. The Hall–Kier alpha value is -0.730. The molecule has 3 unspecified atom stereocenters. The molecule has 0 bridgehead atoms. The van der Waals surface area contributed by atoms with E-state index in [1.807, 2.05) is 0 Å². The van der Waals surface area contributed by atoms with Crippen molar-refractivity contribution in [3.05, 3.63) is 42.0 Å². The third-order valence-electron chi connectivity index (χ3n) is 6.06. The molecule has 3 atom stereocenters. The first-order chi connectivity index (χ1) is 14.7. The summed E-state index contributed by atoms with van der Waals surface area (Å²) in [6.07, 6.45) is 14.8. The van der Waals surface area contributed by atoms with Gasteiger partial charge in [0.05, 0.1) is 6.61 Å². The summed E-state index contributed by atoms with van der Waals surface area (Å²) in [6.45, 7) is 10.8. The summed E-state index contributed by atoms with van der Waals surface area (Å²) in [4.78, 5) is 2.66. The molecule has 1 aliphatic heterocycles. The van der Waals surface area contributed by atoms with E-state index in [1.165, 1.54) is 81.9 Å². The number of ether oxygens (including phenoxy) is 1. The lowest BCUT2D eigenvalue weighted by atomic mass is 9.94. The van der Waals surface area contributed by atoms with Crippen LogP contribution in [0.3, 0.4) is 0 Å². The van der Waals surface area contributed by atoms with Crippen molar-refractivity contribution in [1.29, 1.82) is 0 Å². The van der Waals surface area contributed by atoms with Gasteiger partial charge in [0.25, 0.3) is 0 Å². The van der Waals surface area contributed by atoms with Crippen LogP contribution in [0, 0.1) is 5.92 Å². The molecule has 1 aromatic rings. The monoisotopic (exact) mass is 432 g/mol. The third kappa shape index (κ3) is 11.0. The van der Waals surface area contributed by atoms with Crippen LogP contribution in [0.5, 0.6) is 0 Å². The molecule has 2 rings (SSSR count). The fourth-order valence-electron chi connectivity index (χ4n) is 4.41. The Balaban J connectivity index is 1.78. The molecule has 1 aliphatic rings. The molecule has 0 amide bonds. The molecule has 0 radical (unpaired) electrons. The summed E-state index contributed by atoms with van der Waals surface area (Å²) < 4.78 is 5.50. The van der Waals surface area contributed by atoms with Crippen LogP contribution in [0.1, 0.15) is 64.4 Å². The summed E-state index contributed by atoms with van der Waals surface area (Å²) >= 11 is 0. The number of nitrogens with one attached hydrogen (secondary N) is 1. The second kappa shape index (κ2) is 16.0. The Labute approximate surface area is 188 Å². The Morgan fingerprint density at radius 1 is 1.13 bits per heavy atom. The summed E-state index contributed by atoms with van der Waals surface area (Å²) in [5.41, 5.74) is 1.46. The highest BCUT2D eigenvalue weighted by Gasteiger charge is 2.19. The maximum Gasteiger partial charge on any atom is 0.0647 e. The van der Waals surface area contributed by atoms with E-state index < -0.39 is 0 Å². The highest BCUT2D eigenvalue weighted by atomic mass is 31.0. The fourth-order valence-corrected chi connectivity index (χ4v) is 4.60. The number of aryl methyl sites for hydroxylation is 1. The first kappa shape index (κ1) is 25.5. The SMILES string of the molecule is CCCC(/C=C\COCC)CC(CN1CCCC1)NCCCCc1ccc(P)cc1. The van der Waals surface area contributed by atoms with E-state index in [9.17, 15) is 0 Å². The van der Waals surface area contributed by atoms with Gasteiger partial charge in [-0.2, -0.15) is 0 Å². The molecule has 1 N–H and O–H groups in total. The van der Waals surface area contributed by atoms with E-state index in [-0.39, 0.29) is 0 Å². The van der Waals surface area contributed by atoms with Crippen molar-refractivity contribution >= 4 is 14.5 Å². The maximum atomic E-state index is 5.50. The molecule has 170 valence electrons. The van der Waals surface area contributed by atoms with E-state index in [1.54, 1.807) is 0 Å². The molecule has 1 heterocycles. The second-order valence-electron chi connectivity index (χ2n) is 8.73. The van der Waals surface area contributed by atoms with Gasteiger partial charge in [0, 0.05) is 19.2 Å². The van der Waals surface area contributed by atoms with Gasteiger partial charge in [-0.25, -0.2) is 0 Å². The van der Waals surface area contributed by atoms with Crippen molar-refractivity contribution in [1.82, 2.24) is 10.2 Å². The molecule has 0 saturated carbocycles. The first-order valence-electron chi connectivity index (χ1n) is 12.3. The highest BCUT2D eigenvalue weighted by molar-refractivity contribution is 7.27. The van der Waals surface area contributed by atoms with Gasteiger partial charge in [0.2, 0.25) is 0 Å². The Morgan fingerprint density at radius 2 is 1.90 bits per heavy atom. The lowest BCUT2D eigenvalue weighted by Crippen LogP contribution is -2.41. The molecule has 1 saturated heterocycles. The number of allylic oxidation sites excluding steroid dienone is 1. The van der Waals surface area contributed by atoms with Gasteiger partial charge in [-0.3, -0.25) is 0 Å². The number of rotatable bonds is 16. The molecule has 4 heteroatoms. The van der Waals surface area contributed by atoms with Gasteiger partial charge >= 0.3 is 0 Å². The van der Waals surface area contributed by atoms with Crippen LogP contribution in [0.25, 0.3) is 0 Å². The van der Waals surface area contributed by atoms with Crippen molar-refractivity contribution in [3.8, 4) is 0 Å². The molecule has 1 fully saturated rings. The third-order valence-corrected chi connectivity index (χ3v) is 6.44. The van der Waals surface area contributed by atoms with E-state index in [4.69, 9.17) is 4.74 Å². The molecule has 3 nitrogen and oxygen atoms in total. The van der Waals surface area contributed by atoms with Crippen LogP contribution in [0.15, 0.2) is 36.4 Å². The lowest BCUT2D eigenvalue weighted by Gasteiger charge is -2.27. The normalized spacial score (nSPS) is 17.0. The van der Waals surface area contributed by atoms with Crippen molar-refractivity contribution in [2.24, 2.45) is 5.92 Å². The van der Waals surface area contributed by atoms with Crippen LogP contribution in [-0.4, -0.2) is 50.3 Å². The van der Waals surface area contributed by atoms with Crippen molar-refractivity contribution < 1.29 is 4.74 Å². The minimum absolute atomic E-state index is 0.591. The number of hydrogen-bond donors (Lipinski definition) is 1. The summed E-state index contributed by atoms with van der Waals surface area (Å²) in [5.74, 6) is 0.654. The van der Waals surface area contributed by atoms with Crippen molar-refractivity contribution in [2.45, 2.75) is 71.3 Å². The molecule has 0 aromatic heterocycles. The van der Waals surface area contributed by atoms with Gasteiger partial charge in [-0.05, 0) is 88.3 Å². The van der Waals surface area contributed by atoms with Crippen LogP contribution < -0.4 is 10.6 Å². The fraction of sp³-hybridized carbons (Fsp3) is 0.692. The Bertz CT molecular complexity index is 569. The van der Waals surface area contributed by atoms with Gasteiger partial charge in [0.15, 0.2) is 0 Å². The van der Waals surface area contributed by atoms with Crippen LogP contribution in [0.4, 0.5) is 0 Å². The maximum absolute atomic E-state index is 5.50. The lowest BCUT2D eigenvalue weighted by molar-refractivity contribution is 0.177. The van der Waals surface area contributed by atoms with Gasteiger partial charge < -0.3 is 15.0 Å². The molecular weight excluding hydrogens is 387 g/mol. The van der Waals surface area contributed by atoms with Crippen LogP contribution in [0.2, 0.25) is 0 Å². The van der Waals surface area contributed by atoms with Crippen LogP contribution in [-0.2, 0) is 11.2 Å². The second-order valence-corrected chi connectivity index (χ2v) is 9.40. The number of likely N-dealkylation sites (tertiary alicyclic amines) is 1. The first-order valence-corrected chi connectivity index (χ1v) is 12.8. The summed E-state index contributed by atoms with van der Waals surface area (Å²) in [5, 5.41) is 5.19. The quantitative estimate of drug-likeness (QED) is 0.227. The van der Waals surface area contributed by atoms with Gasteiger partial charge in [0.1, 0.15) is 0 Å². The highest BCUT2D eigenvalue weighted by Crippen LogP contribution is 2.18. The minimum atomic E-state index is 0.591. The topological polar surface area (TPSA) is 24.5 Å². The van der Waals surface area contributed by atoms with Gasteiger partial charge in [-0.15, -0.1) is 9.24 Å². The Morgan fingerprint density at radius 3 is 2.60 bits per heavy atom. The number of hydrogen-bond acceptors (Lipinski definition) is 3. The molecular formula is C26H45N2OP. The summed E-state index contributed by atoms with van der Waals surface area (Å²) in [7, 11) is 2.76. The standard InChI is InChI=1S/C26H45N2OP/c1-3-10-24(12-9-20-29-4-2)21-25(22-28-18-7-8-19-28)27-17-6-5-11-23-13-15-26(30)16-14-23/h9,12-16,24-25,27H,3-8,10-11,17-22,30H2,1-2H3/b12-9-. The average molecular weight is 433 g/mol. The van der Waals surface area contributed by atoms with E-state index in [2.05, 4.69) is 69.7 Å². The smallest absolute Gasteiger partial charge is 0.0647 e. The minimum Gasteiger partial charge on any atom is -0.378 e. The molecule has 0 spiro atoms. The Kier molecular flexibility index (Phi) is 13.6. The number of benzene rings is 1. The zero-order chi connectivity index (χ0) is 21.4. The zero-order valence-corrected chi connectivity index (χ0v) is 20.6. The van der Waals surface area contributed by atoms with Crippen molar-refractivity contribution in [3.63, 3.8) is 0 Å². The predicted octanol–water partition coefficient (Wildman–Crippen LogP) is 4.96. The number of nitrogens with zero attached hydrogens (tertiary/aromatic N) is 1. The molecule has 1 aromatic carbocycles. The zero-order valence-electron chi connectivity index (χ0n) is 19.5.